The fraction of sp³-hybridized carbons (Fsp3) is 0. The topological polar surface area (TPSA) is 35.6 Å². The molecular weight excluding hydrogens is 617 g/mol. The standard InChI is InChI=1S/C44H26N4S/c1-2-13-27(14-3-1)47-37-22-9-4-15-28(37)31-25-26-32-29-16-5-10-23-38(29)48(42(32)41(31)47)44-40(45-35-20-7-8-21-36(35)46-44)34-19-12-18-33-30-17-6-11-24-39(30)49-43(33)34/h1-26H. The fourth-order valence-corrected chi connectivity index (χ4v) is 9.04. The van der Waals surface area contributed by atoms with E-state index in [1.54, 1.807) is 0 Å². The summed E-state index contributed by atoms with van der Waals surface area (Å²) in [5, 5.41) is 7.31. The third-order valence-electron chi connectivity index (χ3n) is 9.91. The smallest absolute Gasteiger partial charge is 0.165 e. The van der Waals surface area contributed by atoms with Crippen LogP contribution in [0.1, 0.15) is 0 Å². The average molecular weight is 643 g/mol. The number of aromatic nitrogens is 4. The van der Waals surface area contributed by atoms with Gasteiger partial charge >= 0.3 is 0 Å². The van der Waals surface area contributed by atoms with Crippen LogP contribution < -0.4 is 0 Å². The Hall–Kier alpha value is -6.30. The Balaban J connectivity index is 1.37. The zero-order valence-corrected chi connectivity index (χ0v) is 27.0. The number of hydrogen-bond acceptors (Lipinski definition) is 3. The van der Waals surface area contributed by atoms with E-state index in [0.717, 1.165) is 50.3 Å². The highest BCUT2D eigenvalue weighted by Gasteiger charge is 2.25. The van der Waals surface area contributed by atoms with Crippen molar-refractivity contribution in [3.63, 3.8) is 0 Å². The monoisotopic (exact) mass is 642 g/mol. The highest BCUT2D eigenvalue weighted by molar-refractivity contribution is 7.26. The van der Waals surface area contributed by atoms with Crippen LogP contribution >= 0.6 is 11.3 Å². The lowest BCUT2D eigenvalue weighted by Crippen LogP contribution is -2.05. The molecule has 0 saturated carbocycles. The van der Waals surface area contributed by atoms with E-state index in [0.29, 0.717) is 0 Å². The molecule has 0 N–H and O–H groups in total. The van der Waals surface area contributed by atoms with Gasteiger partial charge in [0, 0.05) is 53.0 Å². The van der Waals surface area contributed by atoms with Crippen molar-refractivity contribution in [1.82, 2.24) is 19.1 Å². The lowest BCUT2D eigenvalue weighted by atomic mass is 10.1. The maximum absolute atomic E-state index is 5.51. The molecule has 49 heavy (non-hydrogen) atoms. The van der Waals surface area contributed by atoms with Crippen LogP contribution in [0.25, 0.3) is 97.6 Å². The summed E-state index contributed by atoms with van der Waals surface area (Å²) in [5.74, 6) is 0.826. The van der Waals surface area contributed by atoms with E-state index in [-0.39, 0.29) is 0 Å². The lowest BCUT2D eigenvalue weighted by molar-refractivity contribution is 1.08. The molecule has 4 nitrogen and oxygen atoms in total. The van der Waals surface area contributed by atoms with Gasteiger partial charge in [-0.15, -0.1) is 11.3 Å². The molecule has 4 heterocycles. The Morgan fingerprint density at radius 3 is 1.73 bits per heavy atom. The predicted octanol–water partition coefficient (Wildman–Crippen LogP) is 11.9. The SMILES string of the molecule is c1ccc(-n2c3ccccc3c3ccc4c5ccccc5n(-c5nc6ccccc6nc5-c5cccc6c5sc5ccccc56)c4c32)cc1. The van der Waals surface area contributed by atoms with Gasteiger partial charge in [-0.3, -0.25) is 4.57 Å². The largest absolute Gasteiger partial charge is 0.307 e. The van der Waals surface area contributed by atoms with E-state index in [1.807, 2.05) is 23.5 Å². The van der Waals surface area contributed by atoms with Gasteiger partial charge in [0.2, 0.25) is 0 Å². The van der Waals surface area contributed by atoms with Crippen LogP contribution in [0.2, 0.25) is 0 Å². The van der Waals surface area contributed by atoms with Crippen molar-refractivity contribution in [3.8, 4) is 22.8 Å². The summed E-state index contributed by atoms with van der Waals surface area (Å²) in [7, 11) is 0. The maximum atomic E-state index is 5.51. The van der Waals surface area contributed by atoms with Gasteiger partial charge in [-0.1, -0.05) is 115 Å². The van der Waals surface area contributed by atoms with Crippen LogP contribution in [-0.4, -0.2) is 19.1 Å². The third-order valence-corrected chi connectivity index (χ3v) is 11.1. The van der Waals surface area contributed by atoms with E-state index >= 15 is 0 Å². The van der Waals surface area contributed by atoms with Crippen LogP contribution in [0.4, 0.5) is 0 Å². The van der Waals surface area contributed by atoms with Gasteiger partial charge in [-0.05, 0) is 42.5 Å². The first-order valence-corrected chi connectivity index (χ1v) is 17.3. The highest BCUT2D eigenvalue weighted by Crippen LogP contribution is 2.45. The molecule has 228 valence electrons. The first kappa shape index (κ1) is 26.7. The quantitative estimate of drug-likeness (QED) is 0.192. The molecule has 0 atom stereocenters. The van der Waals surface area contributed by atoms with E-state index in [9.17, 15) is 0 Å². The molecule has 0 unspecified atom stereocenters. The zero-order valence-electron chi connectivity index (χ0n) is 26.2. The Bertz CT molecular complexity index is 3110. The van der Waals surface area contributed by atoms with E-state index in [4.69, 9.17) is 9.97 Å². The Kier molecular flexibility index (Phi) is 5.51. The second-order valence-electron chi connectivity index (χ2n) is 12.6. The number of benzene rings is 7. The predicted molar refractivity (Wildman–Crippen MR) is 207 cm³/mol. The van der Waals surface area contributed by atoms with Gasteiger partial charge in [-0.2, -0.15) is 0 Å². The van der Waals surface area contributed by atoms with Gasteiger partial charge in [0.25, 0.3) is 0 Å². The molecular formula is C44H26N4S. The van der Waals surface area contributed by atoms with Gasteiger partial charge in [0.1, 0.15) is 5.69 Å². The second kappa shape index (κ2) is 10.1. The molecule has 4 aromatic heterocycles. The first-order valence-electron chi connectivity index (χ1n) is 16.5. The number of fused-ring (bicyclic) bond motifs is 11. The second-order valence-corrected chi connectivity index (χ2v) is 13.6. The molecule has 11 rings (SSSR count). The highest BCUT2D eigenvalue weighted by atomic mass is 32.1. The molecule has 0 aliphatic heterocycles. The molecule has 0 bridgehead atoms. The minimum Gasteiger partial charge on any atom is -0.307 e. The van der Waals surface area contributed by atoms with Crippen LogP contribution in [-0.2, 0) is 0 Å². The molecule has 0 spiro atoms. The van der Waals surface area contributed by atoms with Crippen LogP contribution in [0.3, 0.4) is 0 Å². The van der Waals surface area contributed by atoms with Crippen molar-refractivity contribution < 1.29 is 0 Å². The summed E-state index contributed by atoms with van der Waals surface area (Å²) < 4.78 is 7.29. The van der Waals surface area contributed by atoms with Gasteiger partial charge in [0.05, 0.1) is 33.1 Å². The van der Waals surface area contributed by atoms with E-state index in [2.05, 4.69) is 155 Å². The molecule has 0 fully saturated rings. The van der Waals surface area contributed by atoms with E-state index < -0.39 is 0 Å². The summed E-state index contributed by atoms with van der Waals surface area (Å²) in [6.07, 6.45) is 0. The lowest BCUT2D eigenvalue weighted by Gasteiger charge is -2.16. The molecule has 7 aromatic carbocycles. The summed E-state index contributed by atoms with van der Waals surface area (Å²) >= 11 is 1.83. The number of para-hydroxylation sites is 5. The van der Waals surface area contributed by atoms with Crippen LogP contribution in [0, 0.1) is 0 Å². The molecule has 0 amide bonds. The molecule has 0 radical (unpaired) electrons. The third kappa shape index (κ3) is 3.73. The van der Waals surface area contributed by atoms with Crippen molar-refractivity contribution >= 4 is 86.2 Å². The summed E-state index contributed by atoms with van der Waals surface area (Å²) in [5.41, 5.74) is 9.38. The fourth-order valence-electron chi connectivity index (χ4n) is 7.83. The maximum Gasteiger partial charge on any atom is 0.165 e. The van der Waals surface area contributed by atoms with Crippen molar-refractivity contribution in [2.45, 2.75) is 0 Å². The molecule has 11 aromatic rings. The minimum atomic E-state index is 0.826. The zero-order chi connectivity index (χ0) is 32.1. The summed E-state index contributed by atoms with van der Waals surface area (Å²) in [6.45, 7) is 0. The Labute approximate surface area is 284 Å². The van der Waals surface area contributed by atoms with Crippen molar-refractivity contribution in [2.75, 3.05) is 0 Å². The van der Waals surface area contributed by atoms with Gasteiger partial charge in [0.15, 0.2) is 5.82 Å². The van der Waals surface area contributed by atoms with Crippen LogP contribution in [0.5, 0.6) is 0 Å². The normalized spacial score (nSPS) is 12.1. The average Bonchev–Trinajstić information content (AvgIpc) is 3.82. The summed E-state index contributed by atoms with van der Waals surface area (Å²) in [4.78, 5) is 11.0. The number of thiophene rings is 1. The molecule has 0 aliphatic carbocycles. The Morgan fingerprint density at radius 2 is 0.980 bits per heavy atom. The minimum absolute atomic E-state index is 0.826. The Morgan fingerprint density at radius 1 is 0.408 bits per heavy atom. The van der Waals surface area contributed by atoms with Gasteiger partial charge in [-0.25, -0.2) is 9.97 Å². The van der Waals surface area contributed by atoms with Crippen molar-refractivity contribution in [3.05, 3.63) is 158 Å². The molecule has 0 saturated heterocycles. The van der Waals surface area contributed by atoms with Crippen molar-refractivity contribution in [2.24, 2.45) is 0 Å². The number of hydrogen-bond donors (Lipinski definition) is 0. The van der Waals surface area contributed by atoms with Crippen molar-refractivity contribution in [1.29, 1.82) is 0 Å². The van der Waals surface area contributed by atoms with E-state index in [1.165, 1.54) is 47.2 Å². The molecule has 5 heteroatoms. The first-order chi connectivity index (χ1) is 24.3. The molecule has 0 aliphatic rings. The number of nitrogens with zero attached hydrogens (tertiary/aromatic N) is 4. The summed E-state index contributed by atoms with van der Waals surface area (Å²) in [6, 6.07) is 56.2. The number of rotatable bonds is 3. The van der Waals surface area contributed by atoms with Gasteiger partial charge < -0.3 is 4.57 Å². The van der Waals surface area contributed by atoms with Crippen LogP contribution in [0.15, 0.2) is 158 Å².